The van der Waals surface area contributed by atoms with Gasteiger partial charge in [0.15, 0.2) is 6.10 Å². The highest BCUT2D eigenvalue weighted by molar-refractivity contribution is 5.70. The van der Waals surface area contributed by atoms with Crippen molar-refractivity contribution in [2.24, 2.45) is 0 Å². The largest absolute Gasteiger partial charge is 0.462 e. The second-order valence-electron chi connectivity index (χ2n) is 13.3. The Morgan fingerprint density at radius 1 is 0.447 bits per heavy atom. The molecule has 0 rings (SSSR count). The lowest BCUT2D eigenvalue weighted by molar-refractivity contribution is -0.166. The molecule has 0 bridgehead atoms. The Balaban J connectivity index is 3.87. The minimum Gasteiger partial charge on any atom is -0.462 e. The molecule has 0 aromatic heterocycles. The number of rotatable bonds is 35. The van der Waals surface area contributed by atoms with Crippen LogP contribution in [0.5, 0.6) is 0 Å². The van der Waals surface area contributed by atoms with E-state index in [1.807, 2.05) is 0 Å². The molecule has 0 radical (unpaired) electrons. The molecule has 274 valence electrons. The van der Waals surface area contributed by atoms with Gasteiger partial charge in [0.05, 0.1) is 0 Å². The predicted octanol–water partition coefficient (Wildman–Crippen LogP) is 12.1. The molecule has 0 spiro atoms. The van der Waals surface area contributed by atoms with Crippen molar-refractivity contribution in [3.63, 3.8) is 0 Å². The first-order valence-corrected chi connectivity index (χ1v) is 19.8. The van der Waals surface area contributed by atoms with E-state index in [-0.39, 0.29) is 25.2 Å². The van der Waals surface area contributed by atoms with Gasteiger partial charge in [-0.05, 0) is 64.2 Å². The highest BCUT2D eigenvalue weighted by atomic mass is 16.6. The molecule has 0 aromatic rings. The second-order valence-corrected chi connectivity index (χ2v) is 13.3. The molecule has 0 aromatic carbocycles. The lowest BCUT2D eigenvalue weighted by atomic mass is 10.1. The zero-order valence-electron chi connectivity index (χ0n) is 31.0. The lowest BCUT2D eigenvalue weighted by Gasteiger charge is -2.17. The van der Waals surface area contributed by atoms with Gasteiger partial charge in [-0.25, -0.2) is 0 Å². The van der Waals surface area contributed by atoms with Crippen LogP contribution in [0.15, 0.2) is 24.3 Å². The van der Waals surface area contributed by atoms with Gasteiger partial charge in [0.2, 0.25) is 0 Å². The third kappa shape index (κ3) is 36.6. The molecule has 1 atom stereocenters. The zero-order valence-corrected chi connectivity index (χ0v) is 31.0. The van der Waals surface area contributed by atoms with Crippen molar-refractivity contribution in [3.05, 3.63) is 24.3 Å². The average molecular weight is 663 g/mol. The van der Waals surface area contributed by atoms with Crippen LogP contribution in [0.2, 0.25) is 0 Å². The molecule has 0 aliphatic rings. The second kappa shape index (κ2) is 36.7. The SMILES string of the molecule is CCCCCCCC/C=C/CCCCCCCC(=O)OCC(COC(C)=O)OC(=O)CCCCCCC/C=C/CCCCCCCC. The van der Waals surface area contributed by atoms with E-state index in [1.165, 1.54) is 116 Å². The molecule has 0 saturated heterocycles. The predicted molar refractivity (Wildman–Crippen MR) is 196 cm³/mol. The van der Waals surface area contributed by atoms with Crippen LogP contribution in [-0.2, 0) is 28.6 Å². The summed E-state index contributed by atoms with van der Waals surface area (Å²) in [5.41, 5.74) is 0. The van der Waals surface area contributed by atoms with Crippen molar-refractivity contribution < 1.29 is 28.6 Å². The van der Waals surface area contributed by atoms with Crippen LogP contribution in [-0.4, -0.2) is 37.2 Å². The Kier molecular flexibility index (Phi) is 35.1. The molecule has 1 unspecified atom stereocenters. The molecule has 0 fully saturated rings. The number of esters is 3. The van der Waals surface area contributed by atoms with E-state index in [2.05, 4.69) is 38.2 Å². The van der Waals surface area contributed by atoms with Gasteiger partial charge in [-0.1, -0.05) is 141 Å². The molecule has 0 N–H and O–H groups in total. The van der Waals surface area contributed by atoms with Crippen LogP contribution in [0.25, 0.3) is 0 Å². The van der Waals surface area contributed by atoms with E-state index in [4.69, 9.17) is 14.2 Å². The lowest BCUT2D eigenvalue weighted by Crippen LogP contribution is -2.30. The molecule has 47 heavy (non-hydrogen) atoms. The van der Waals surface area contributed by atoms with E-state index in [1.54, 1.807) is 0 Å². The van der Waals surface area contributed by atoms with Gasteiger partial charge >= 0.3 is 17.9 Å². The number of ether oxygens (including phenoxy) is 3. The Hall–Kier alpha value is -2.11. The summed E-state index contributed by atoms with van der Waals surface area (Å²) in [4.78, 5) is 35.9. The molecule has 0 aliphatic heterocycles. The number of unbranched alkanes of at least 4 members (excludes halogenated alkanes) is 22. The van der Waals surface area contributed by atoms with Gasteiger partial charge in [-0.15, -0.1) is 0 Å². The van der Waals surface area contributed by atoms with Crippen LogP contribution < -0.4 is 0 Å². The van der Waals surface area contributed by atoms with Gasteiger partial charge in [0.1, 0.15) is 13.2 Å². The Labute approximate surface area is 290 Å². The summed E-state index contributed by atoms with van der Waals surface area (Å²) >= 11 is 0. The molecular weight excluding hydrogens is 588 g/mol. The summed E-state index contributed by atoms with van der Waals surface area (Å²) < 4.78 is 15.9. The minimum atomic E-state index is -0.771. The smallest absolute Gasteiger partial charge is 0.306 e. The molecule has 0 saturated carbocycles. The summed E-state index contributed by atoms with van der Waals surface area (Å²) in [6.45, 7) is 5.63. The van der Waals surface area contributed by atoms with Crippen LogP contribution in [0.1, 0.15) is 201 Å². The maximum absolute atomic E-state index is 12.4. The maximum Gasteiger partial charge on any atom is 0.306 e. The molecule has 6 nitrogen and oxygen atoms in total. The number of allylic oxidation sites excluding steroid dienone is 4. The monoisotopic (exact) mass is 663 g/mol. The van der Waals surface area contributed by atoms with E-state index < -0.39 is 12.1 Å². The van der Waals surface area contributed by atoms with E-state index >= 15 is 0 Å². The number of hydrogen-bond acceptors (Lipinski definition) is 6. The molecule has 0 heterocycles. The summed E-state index contributed by atoms with van der Waals surface area (Å²) in [5, 5.41) is 0. The molecule has 6 heteroatoms. The highest BCUT2D eigenvalue weighted by Gasteiger charge is 2.18. The Morgan fingerprint density at radius 3 is 1.19 bits per heavy atom. The number of hydrogen-bond donors (Lipinski definition) is 0. The number of carbonyl (C=O) groups is 3. The van der Waals surface area contributed by atoms with Crippen molar-refractivity contribution >= 4 is 17.9 Å². The average Bonchev–Trinajstić information content (AvgIpc) is 3.05. The normalized spacial score (nSPS) is 12.1. The van der Waals surface area contributed by atoms with Crippen LogP contribution in [0, 0.1) is 0 Å². The van der Waals surface area contributed by atoms with Gasteiger partial charge < -0.3 is 14.2 Å². The minimum absolute atomic E-state index is 0.0880. The standard InChI is InChI=1S/C41H74O6/c1-4-6-8-10-12-14-16-18-20-22-24-26-28-30-32-34-40(43)46-37-39(36-45-38(3)42)47-41(44)35-33-31-29-27-25-23-21-19-17-15-13-11-9-7-5-2/h18-21,39H,4-17,22-37H2,1-3H3/b20-18+,21-19+. The van der Waals surface area contributed by atoms with Gasteiger partial charge in [-0.2, -0.15) is 0 Å². The van der Waals surface area contributed by atoms with Crippen molar-refractivity contribution in [1.82, 2.24) is 0 Å². The van der Waals surface area contributed by atoms with E-state index in [0.29, 0.717) is 12.8 Å². The summed E-state index contributed by atoms with van der Waals surface area (Å²) in [6.07, 6.45) is 40.5. The van der Waals surface area contributed by atoms with Crippen molar-refractivity contribution in [3.8, 4) is 0 Å². The zero-order chi connectivity index (χ0) is 34.5. The van der Waals surface area contributed by atoms with Crippen molar-refractivity contribution in [1.29, 1.82) is 0 Å². The van der Waals surface area contributed by atoms with E-state index in [9.17, 15) is 14.4 Å². The van der Waals surface area contributed by atoms with Crippen LogP contribution in [0.4, 0.5) is 0 Å². The summed E-state index contributed by atoms with van der Waals surface area (Å²) in [7, 11) is 0. The third-order valence-corrected chi connectivity index (χ3v) is 8.49. The van der Waals surface area contributed by atoms with Crippen molar-refractivity contribution in [2.75, 3.05) is 13.2 Å². The maximum atomic E-state index is 12.4. The first kappa shape index (κ1) is 44.9. The quantitative estimate of drug-likeness (QED) is 0.0291. The number of carbonyl (C=O) groups excluding carboxylic acids is 3. The fourth-order valence-electron chi connectivity index (χ4n) is 5.51. The Bertz CT molecular complexity index is 774. The van der Waals surface area contributed by atoms with Crippen LogP contribution >= 0.6 is 0 Å². The third-order valence-electron chi connectivity index (χ3n) is 8.49. The molecule has 0 aliphatic carbocycles. The van der Waals surface area contributed by atoms with E-state index in [0.717, 1.165) is 57.8 Å². The summed E-state index contributed by atoms with van der Waals surface area (Å²) in [6, 6.07) is 0. The highest BCUT2D eigenvalue weighted by Crippen LogP contribution is 2.13. The molecular formula is C41H74O6. The fourth-order valence-corrected chi connectivity index (χ4v) is 5.51. The topological polar surface area (TPSA) is 78.9 Å². The van der Waals surface area contributed by atoms with Crippen molar-refractivity contribution in [2.45, 2.75) is 207 Å². The van der Waals surface area contributed by atoms with Gasteiger partial charge in [0.25, 0.3) is 0 Å². The first-order valence-electron chi connectivity index (χ1n) is 19.8. The Morgan fingerprint density at radius 2 is 0.787 bits per heavy atom. The van der Waals surface area contributed by atoms with Crippen LogP contribution in [0.3, 0.4) is 0 Å². The fraction of sp³-hybridized carbons (Fsp3) is 0.829. The van der Waals surface area contributed by atoms with Gasteiger partial charge in [-0.3, -0.25) is 14.4 Å². The van der Waals surface area contributed by atoms with Gasteiger partial charge in [0, 0.05) is 19.8 Å². The first-order chi connectivity index (χ1) is 23.0. The molecule has 0 amide bonds. The summed E-state index contributed by atoms with van der Waals surface area (Å²) in [5.74, 6) is -1.10.